The van der Waals surface area contributed by atoms with E-state index in [0.29, 0.717) is 41.9 Å². The Morgan fingerprint density at radius 1 is 0.969 bits per heavy atom. The van der Waals surface area contributed by atoms with Crippen molar-refractivity contribution in [1.29, 1.82) is 0 Å². The van der Waals surface area contributed by atoms with Crippen LogP contribution >= 0.6 is 0 Å². The van der Waals surface area contributed by atoms with Gasteiger partial charge in [-0.15, -0.1) is 0 Å². The molecule has 6 nitrogen and oxygen atoms in total. The zero-order valence-electron chi connectivity index (χ0n) is 20.4. The molecule has 1 unspecified atom stereocenters. The largest absolute Gasteiger partial charge is 0.393 e. The molecule has 10 atom stereocenters. The van der Waals surface area contributed by atoms with Crippen LogP contribution in [-0.4, -0.2) is 34.2 Å². The summed E-state index contributed by atoms with van der Waals surface area (Å²) in [5.74, 6) is 2.59. The van der Waals surface area contributed by atoms with Gasteiger partial charge in [-0.05, 0) is 104 Å². The Hall–Kier alpha value is -1.14. The van der Waals surface area contributed by atoms with Gasteiger partial charge in [-0.25, -0.2) is 0 Å². The SMILES string of the molecule is CC(=O)NNC(=O)CC[C@@H](C)C1CC[C@H]2[C@@H]3[C@@H](O)C[C@@H]4C[C@H](O)CC[C@]4(C)[C@H]3CC[C@]12C. The van der Waals surface area contributed by atoms with E-state index >= 15 is 0 Å². The fourth-order valence-corrected chi connectivity index (χ4v) is 8.96. The minimum atomic E-state index is -0.260. The highest BCUT2D eigenvalue weighted by atomic mass is 16.3. The quantitative estimate of drug-likeness (QED) is 0.494. The molecule has 0 saturated heterocycles. The number of aliphatic hydroxyl groups is 2. The molecule has 0 spiro atoms. The average molecular weight is 449 g/mol. The Kier molecular flexibility index (Phi) is 6.68. The molecule has 0 aliphatic heterocycles. The summed E-state index contributed by atoms with van der Waals surface area (Å²) in [7, 11) is 0. The van der Waals surface area contributed by atoms with Crippen LogP contribution in [0.15, 0.2) is 0 Å². The number of hydrazine groups is 1. The second-order valence-electron chi connectivity index (χ2n) is 12.2. The van der Waals surface area contributed by atoms with Gasteiger partial charge >= 0.3 is 0 Å². The highest BCUT2D eigenvalue weighted by Gasteiger charge is 2.62. The predicted molar refractivity (Wildman–Crippen MR) is 123 cm³/mol. The van der Waals surface area contributed by atoms with Crippen molar-refractivity contribution < 1.29 is 19.8 Å². The van der Waals surface area contributed by atoms with Crippen molar-refractivity contribution in [3.63, 3.8) is 0 Å². The molecule has 4 saturated carbocycles. The molecule has 4 aliphatic rings. The number of hydrogen-bond donors (Lipinski definition) is 4. The Bertz CT molecular complexity index is 729. The maximum absolute atomic E-state index is 12.1. The first kappa shape index (κ1) is 24.0. The first-order valence-corrected chi connectivity index (χ1v) is 13.0. The molecule has 4 N–H and O–H groups in total. The zero-order valence-corrected chi connectivity index (χ0v) is 20.4. The van der Waals surface area contributed by atoms with Gasteiger partial charge in [0.2, 0.25) is 11.8 Å². The van der Waals surface area contributed by atoms with Crippen molar-refractivity contribution in [3.05, 3.63) is 0 Å². The fraction of sp³-hybridized carbons (Fsp3) is 0.923. The molecule has 0 aromatic heterocycles. The summed E-state index contributed by atoms with van der Waals surface area (Å²) >= 11 is 0. The highest BCUT2D eigenvalue weighted by molar-refractivity contribution is 5.80. The van der Waals surface area contributed by atoms with Crippen LogP contribution in [0.5, 0.6) is 0 Å². The van der Waals surface area contributed by atoms with Crippen LogP contribution in [0, 0.1) is 46.3 Å². The van der Waals surface area contributed by atoms with E-state index in [1.807, 2.05) is 0 Å². The molecule has 6 heteroatoms. The highest BCUT2D eigenvalue weighted by Crippen LogP contribution is 2.68. The van der Waals surface area contributed by atoms with Gasteiger partial charge in [0, 0.05) is 13.3 Å². The van der Waals surface area contributed by atoms with E-state index in [4.69, 9.17) is 0 Å². The number of amides is 2. The molecule has 32 heavy (non-hydrogen) atoms. The lowest BCUT2D eigenvalue weighted by atomic mass is 9.43. The molecule has 0 bridgehead atoms. The Labute approximate surface area is 193 Å². The van der Waals surface area contributed by atoms with Crippen molar-refractivity contribution in [1.82, 2.24) is 10.9 Å². The maximum Gasteiger partial charge on any atom is 0.238 e. The molecule has 2 amide bonds. The van der Waals surface area contributed by atoms with E-state index in [2.05, 4.69) is 31.6 Å². The van der Waals surface area contributed by atoms with Crippen LogP contribution in [-0.2, 0) is 9.59 Å². The molecule has 0 aromatic carbocycles. The van der Waals surface area contributed by atoms with E-state index in [-0.39, 0.29) is 34.9 Å². The Morgan fingerprint density at radius 3 is 2.38 bits per heavy atom. The van der Waals surface area contributed by atoms with Crippen LogP contribution in [0.1, 0.15) is 91.9 Å². The number of rotatable bonds is 4. The lowest BCUT2D eigenvalue weighted by molar-refractivity contribution is -0.174. The van der Waals surface area contributed by atoms with Gasteiger partial charge in [0.25, 0.3) is 0 Å². The van der Waals surface area contributed by atoms with Crippen LogP contribution in [0.4, 0.5) is 0 Å². The smallest absolute Gasteiger partial charge is 0.238 e. The summed E-state index contributed by atoms with van der Waals surface area (Å²) < 4.78 is 0. The molecule has 182 valence electrons. The molecular formula is C26H44N2O4. The van der Waals surface area contributed by atoms with Crippen LogP contribution < -0.4 is 10.9 Å². The molecule has 4 aliphatic carbocycles. The maximum atomic E-state index is 12.1. The summed E-state index contributed by atoms with van der Waals surface area (Å²) in [5.41, 5.74) is 5.34. The van der Waals surface area contributed by atoms with Gasteiger partial charge in [-0.3, -0.25) is 20.4 Å². The first-order valence-electron chi connectivity index (χ1n) is 13.0. The molecule has 4 rings (SSSR count). The number of carbonyl (C=O) groups is 2. The standard InChI is InChI=1S/C26H44N2O4/c1-15(5-8-23(32)28-27-16(2)29)19-6-7-20-24-21(10-12-26(19,20)4)25(3)11-9-18(30)13-17(25)14-22(24)31/h15,17-22,24,30-31H,5-14H2,1-4H3,(H,27,29)(H,28,32)/t15-,17+,18-,19?,20+,21+,22+,24+,25+,26-/m1/s1. The van der Waals surface area contributed by atoms with Gasteiger partial charge in [0.1, 0.15) is 0 Å². The summed E-state index contributed by atoms with van der Waals surface area (Å²) in [5, 5.41) is 21.6. The third-order valence-electron chi connectivity index (χ3n) is 10.6. The number of aliphatic hydroxyl groups excluding tert-OH is 2. The topological polar surface area (TPSA) is 98.7 Å². The number of hydrogen-bond acceptors (Lipinski definition) is 4. The van der Waals surface area contributed by atoms with Crippen molar-refractivity contribution in [2.75, 3.05) is 0 Å². The second-order valence-corrected chi connectivity index (χ2v) is 12.2. The van der Waals surface area contributed by atoms with Crippen molar-refractivity contribution in [3.8, 4) is 0 Å². The van der Waals surface area contributed by atoms with Crippen molar-refractivity contribution >= 4 is 11.8 Å². The van der Waals surface area contributed by atoms with E-state index in [1.54, 1.807) is 0 Å². The number of carbonyl (C=O) groups excluding carboxylic acids is 2. The second kappa shape index (κ2) is 8.90. The van der Waals surface area contributed by atoms with Gasteiger partial charge in [-0.2, -0.15) is 0 Å². The summed E-state index contributed by atoms with van der Waals surface area (Å²) in [6, 6.07) is 0. The van der Waals surface area contributed by atoms with Crippen molar-refractivity contribution in [2.24, 2.45) is 46.3 Å². The van der Waals surface area contributed by atoms with Gasteiger partial charge in [-0.1, -0.05) is 20.8 Å². The monoisotopic (exact) mass is 448 g/mol. The summed E-state index contributed by atoms with van der Waals surface area (Å²) in [6.45, 7) is 8.59. The van der Waals surface area contributed by atoms with Crippen LogP contribution in [0.25, 0.3) is 0 Å². The number of nitrogens with one attached hydrogen (secondary N) is 2. The van der Waals surface area contributed by atoms with Crippen LogP contribution in [0.3, 0.4) is 0 Å². The zero-order chi connectivity index (χ0) is 23.3. The first-order chi connectivity index (χ1) is 15.1. The number of fused-ring (bicyclic) bond motifs is 5. The Morgan fingerprint density at radius 2 is 1.66 bits per heavy atom. The van der Waals surface area contributed by atoms with Crippen molar-refractivity contribution in [2.45, 2.75) is 104 Å². The summed E-state index contributed by atoms with van der Waals surface area (Å²) in [6.07, 6.45) is 9.30. The summed E-state index contributed by atoms with van der Waals surface area (Å²) in [4.78, 5) is 23.1. The molecular weight excluding hydrogens is 404 g/mol. The Balaban J connectivity index is 1.44. The third kappa shape index (κ3) is 4.11. The van der Waals surface area contributed by atoms with E-state index < -0.39 is 0 Å². The molecule has 0 radical (unpaired) electrons. The lowest BCUT2D eigenvalue weighted by Gasteiger charge is -2.62. The van der Waals surface area contributed by atoms with E-state index in [9.17, 15) is 19.8 Å². The third-order valence-corrected chi connectivity index (χ3v) is 10.6. The van der Waals surface area contributed by atoms with Gasteiger partial charge < -0.3 is 10.2 Å². The van der Waals surface area contributed by atoms with Gasteiger partial charge in [0.05, 0.1) is 12.2 Å². The predicted octanol–water partition coefficient (Wildman–Crippen LogP) is 3.56. The normalized spacial score (nSPS) is 46.4. The van der Waals surface area contributed by atoms with E-state index in [1.165, 1.54) is 32.6 Å². The molecule has 0 heterocycles. The van der Waals surface area contributed by atoms with Gasteiger partial charge in [0.15, 0.2) is 0 Å². The van der Waals surface area contributed by atoms with Crippen LogP contribution in [0.2, 0.25) is 0 Å². The lowest BCUT2D eigenvalue weighted by Crippen LogP contribution is -2.58. The molecule has 0 aromatic rings. The average Bonchev–Trinajstić information content (AvgIpc) is 3.09. The minimum absolute atomic E-state index is 0.128. The fourth-order valence-electron chi connectivity index (χ4n) is 8.96. The van der Waals surface area contributed by atoms with E-state index in [0.717, 1.165) is 32.1 Å². The molecule has 4 fully saturated rings. The minimum Gasteiger partial charge on any atom is -0.393 e.